The highest BCUT2D eigenvalue weighted by Crippen LogP contribution is 2.28. The molecular formula is C21H35BO3. The molecule has 1 aromatic rings. The fourth-order valence-electron chi connectivity index (χ4n) is 2.52. The van der Waals surface area contributed by atoms with E-state index in [4.69, 9.17) is 14.0 Å². The van der Waals surface area contributed by atoms with Gasteiger partial charge in [0.25, 0.3) is 0 Å². The average Bonchev–Trinajstić information content (AvgIpc) is 2.52. The van der Waals surface area contributed by atoms with Gasteiger partial charge in [-0.1, -0.05) is 39.5 Å². The first kappa shape index (κ1) is 21.8. The third kappa shape index (κ3) is 6.87. The van der Waals surface area contributed by atoms with E-state index in [0.29, 0.717) is 5.92 Å². The molecule has 4 heteroatoms. The van der Waals surface area contributed by atoms with Crippen molar-refractivity contribution >= 4 is 12.6 Å². The third-order valence-corrected chi connectivity index (χ3v) is 4.06. The lowest BCUT2D eigenvalue weighted by molar-refractivity contribution is 0.139. The van der Waals surface area contributed by atoms with Gasteiger partial charge < -0.3 is 14.0 Å². The summed E-state index contributed by atoms with van der Waals surface area (Å²) < 4.78 is 18.2. The summed E-state index contributed by atoms with van der Waals surface area (Å²) in [5, 5.41) is 0. The van der Waals surface area contributed by atoms with Crippen LogP contribution in [-0.2, 0) is 9.31 Å². The topological polar surface area (TPSA) is 27.7 Å². The highest BCUT2D eigenvalue weighted by molar-refractivity contribution is 6.61. The molecule has 1 aromatic carbocycles. The fraction of sp³-hybridized carbons (Fsp3) is 0.619. The first-order valence-electron chi connectivity index (χ1n) is 9.44. The summed E-state index contributed by atoms with van der Waals surface area (Å²) in [6.07, 6.45) is 1.05. The summed E-state index contributed by atoms with van der Waals surface area (Å²) in [7, 11) is -0.395. The summed E-state index contributed by atoms with van der Waals surface area (Å²) in [5.41, 5.74) is 3.26. The second-order valence-electron chi connectivity index (χ2n) is 7.43. The molecule has 0 saturated heterocycles. The van der Waals surface area contributed by atoms with Crippen molar-refractivity contribution < 1.29 is 14.0 Å². The summed E-state index contributed by atoms with van der Waals surface area (Å²) in [6.45, 7) is 20.7. The predicted octanol–water partition coefficient (Wildman–Crippen LogP) is 5.09. The summed E-state index contributed by atoms with van der Waals surface area (Å²) in [5.74, 6) is 1.26. The van der Waals surface area contributed by atoms with Gasteiger partial charge in [-0.3, -0.25) is 0 Å². The molecule has 25 heavy (non-hydrogen) atoms. The van der Waals surface area contributed by atoms with E-state index in [0.717, 1.165) is 23.2 Å². The predicted molar refractivity (Wildman–Crippen MR) is 108 cm³/mol. The quantitative estimate of drug-likeness (QED) is 0.436. The zero-order chi connectivity index (χ0) is 19.1. The molecule has 1 rings (SSSR count). The molecular weight excluding hydrogens is 311 g/mol. The maximum Gasteiger partial charge on any atom is 0.494 e. The van der Waals surface area contributed by atoms with E-state index >= 15 is 0 Å². The molecule has 3 nitrogen and oxygen atoms in total. The van der Waals surface area contributed by atoms with Crippen LogP contribution >= 0.6 is 0 Å². The Balaban J connectivity index is 3.20. The Morgan fingerprint density at radius 3 is 2.00 bits per heavy atom. The molecule has 0 N–H and O–H groups in total. The molecule has 0 aromatic heterocycles. The van der Waals surface area contributed by atoms with Crippen LogP contribution in [0.25, 0.3) is 0 Å². The van der Waals surface area contributed by atoms with E-state index < -0.39 is 7.12 Å². The maximum atomic E-state index is 6.25. The largest absolute Gasteiger partial charge is 0.494 e. The Morgan fingerprint density at radius 2 is 1.56 bits per heavy atom. The van der Waals surface area contributed by atoms with Crippen LogP contribution in [0.2, 0.25) is 0 Å². The minimum atomic E-state index is -0.395. The molecule has 0 bridgehead atoms. The molecule has 0 aliphatic rings. The van der Waals surface area contributed by atoms with Crippen molar-refractivity contribution in [2.24, 2.45) is 0 Å². The Hall–Kier alpha value is -1.26. The Kier molecular flexibility index (Phi) is 8.74. The first-order chi connectivity index (χ1) is 11.6. The smallest absolute Gasteiger partial charge is 0.486 e. The highest BCUT2D eigenvalue weighted by atomic mass is 16.6. The van der Waals surface area contributed by atoms with Crippen molar-refractivity contribution in [3.8, 4) is 5.75 Å². The van der Waals surface area contributed by atoms with Gasteiger partial charge in [-0.25, -0.2) is 0 Å². The van der Waals surface area contributed by atoms with Crippen molar-refractivity contribution in [1.29, 1.82) is 0 Å². The van der Waals surface area contributed by atoms with Gasteiger partial charge in [0.2, 0.25) is 0 Å². The standard InChI is InChI=1S/C21H35BO3/c1-10-17(8)18(9)23-21-13-19(11-12-20(21)14(2)3)22(24-15(4)5)25-16(6)7/h11-16,18H,8,10H2,1-7,9H3. The number of benzene rings is 1. The summed E-state index contributed by atoms with van der Waals surface area (Å²) in [4.78, 5) is 0. The molecule has 0 aliphatic heterocycles. The van der Waals surface area contributed by atoms with Crippen LogP contribution in [0.4, 0.5) is 0 Å². The molecule has 1 atom stereocenters. The Labute approximate surface area is 154 Å². The Bertz CT molecular complexity index is 542. The van der Waals surface area contributed by atoms with E-state index in [9.17, 15) is 0 Å². The van der Waals surface area contributed by atoms with Crippen LogP contribution in [0.5, 0.6) is 5.75 Å². The van der Waals surface area contributed by atoms with Gasteiger partial charge in [0.15, 0.2) is 0 Å². The van der Waals surface area contributed by atoms with Crippen molar-refractivity contribution in [2.75, 3.05) is 0 Å². The van der Waals surface area contributed by atoms with Gasteiger partial charge in [-0.2, -0.15) is 0 Å². The maximum absolute atomic E-state index is 6.25. The van der Waals surface area contributed by atoms with Crippen LogP contribution in [0.3, 0.4) is 0 Å². The van der Waals surface area contributed by atoms with E-state index in [2.05, 4.69) is 52.5 Å². The van der Waals surface area contributed by atoms with Crippen LogP contribution < -0.4 is 10.2 Å². The van der Waals surface area contributed by atoms with Gasteiger partial charge in [0, 0.05) is 12.2 Å². The average molecular weight is 346 g/mol. The zero-order valence-corrected chi connectivity index (χ0v) is 17.3. The summed E-state index contributed by atoms with van der Waals surface area (Å²) >= 11 is 0. The highest BCUT2D eigenvalue weighted by Gasteiger charge is 2.26. The van der Waals surface area contributed by atoms with E-state index in [1.165, 1.54) is 5.56 Å². The van der Waals surface area contributed by atoms with E-state index in [1.807, 2.05) is 27.7 Å². The van der Waals surface area contributed by atoms with Crippen LogP contribution in [0.1, 0.15) is 73.3 Å². The van der Waals surface area contributed by atoms with Crippen molar-refractivity contribution in [2.45, 2.75) is 86.0 Å². The third-order valence-electron chi connectivity index (χ3n) is 4.06. The second kappa shape index (κ2) is 10.0. The second-order valence-corrected chi connectivity index (χ2v) is 7.43. The molecule has 0 heterocycles. The van der Waals surface area contributed by atoms with Gasteiger partial charge in [-0.05, 0) is 69.6 Å². The van der Waals surface area contributed by atoms with Gasteiger partial charge in [-0.15, -0.1) is 0 Å². The van der Waals surface area contributed by atoms with Crippen molar-refractivity contribution in [1.82, 2.24) is 0 Å². The fourth-order valence-corrected chi connectivity index (χ4v) is 2.52. The molecule has 0 aliphatic carbocycles. The van der Waals surface area contributed by atoms with Gasteiger partial charge in [0.05, 0.1) is 0 Å². The lowest BCUT2D eigenvalue weighted by Gasteiger charge is -2.24. The lowest BCUT2D eigenvalue weighted by Crippen LogP contribution is -2.41. The zero-order valence-electron chi connectivity index (χ0n) is 17.3. The summed E-state index contributed by atoms with van der Waals surface area (Å²) in [6, 6.07) is 6.26. The first-order valence-corrected chi connectivity index (χ1v) is 9.44. The molecule has 140 valence electrons. The number of rotatable bonds is 10. The van der Waals surface area contributed by atoms with Crippen molar-refractivity contribution in [3.05, 3.63) is 35.9 Å². The lowest BCUT2D eigenvalue weighted by atomic mass is 9.77. The number of ether oxygens (including phenoxy) is 1. The molecule has 0 radical (unpaired) electrons. The molecule has 0 amide bonds. The molecule has 0 fully saturated rings. The van der Waals surface area contributed by atoms with Gasteiger partial charge >= 0.3 is 7.12 Å². The minimum absolute atomic E-state index is 0.0202. The van der Waals surface area contributed by atoms with Crippen molar-refractivity contribution in [3.63, 3.8) is 0 Å². The monoisotopic (exact) mass is 346 g/mol. The van der Waals surface area contributed by atoms with Crippen LogP contribution in [-0.4, -0.2) is 25.4 Å². The molecule has 1 unspecified atom stereocenters. The van der Waals surface area contributed by atoms with E-state index in [-0.39, 0.29) is 18.3 Å². The Morgan fingerprint density at radius 1 is 1.00 bits per heavy atom. The van der Waals surface area contributed by atoms with Crippen LogP contribution in [0, 0.1) is 0 Å². The van der Waals surface area contributed by atoms with E-state index in [1.54, 1.807) is 0 Å². The normalized spacial score (nSPS) is 12.8. The molecule has 0 saturated carbocycles. The molecule has 0 spiro atoms. The minimum Gasteiger partial charge on any atom is -0.486 e. The van der Waals surface area contributed by atoms with Gasteiger partial charge in [0.1, 0.15) is 11.9 Å². The number of hydrogen-bond acceptors (Lipinski definition) is 3. The number of hydrogen-bond donors (Lipinski definition) is 0. The van der Waals surface area contributed by atoms with Crippen LogP contribution in [0.15, 0.2) is 30.4 Å². The SMILES string of the molecule is C=C(CC)C(C)Oc1cc(B(OC(C)C)OC(C)C)ccc1C(C)C.